The lowest BCUT2D eigenvalue weighted by atomic mass is 10.2. The van der Waals surface area contributed by atoms with Gasteiger partial charge in [0.2, 0.25) is 11.8 Å². The maximum absolute atomic E-state index is 14.3. The molecule has 188 valence electrons. The van der Waals surface area contributed by atoms with Crippen LogP contribution in [0, 0.1) is 12.7 Å². The van der Waals surface area contributed by atoms with Crippen LogP contribution in [0.1, 0.15) is 19.2 Å². The Kier molecular flexibility index (Phi) is 6.51. The van der Waals surface area contributed by atoms with Gasteiger partial charge in [0.15, 0.2) is 17.5 Å². The number of piperazine rings is 1. The number of pyridine rings is 2. The van der Waals surface area contributed by atoms with E-state index in [0.717, 1.165) is 44.8 Å². The minimum absolute atomic E-state index is 0.0830. The summed E-state index contributed by atoms with van der Waals surface area (Å²) < 4.78 is 21.2. The molecule has 1 aliphatic rings. The van der Waals surface area contributed by atoms with Crippen LogP contribution in [-0.2, 0) is 0 Å². The van der Waals surface area contributed by atoms with Crippen molar-refractivity contribution < 1.29 is 9.13 Å². The topological polar surface area (TPSA) is 123 Å². The van der Waals surface area contributed by atoms with Gasteiger partial charge in [0.1, 0.15) is 17.2 Å². The zero-order valence-corrected chi connectivity index (χ0v) is 20.6. The van der Waals surface area contributed by atoms with Gasteiger partial charge in [0, 0.05) is 38.4 Å². The van der Waals surface area contributed by atoms with Gasteiger partial charge in [-0.05, 0) is 32.0 Å². The molecule has 0 spiro atoms. The monoisotopic (exact) mass is 492 g/mol. The number of aryl methyl sites for hydroxylation is 1. The van der Waals surface area contributed by atoms with Gasteiger partial charge in [-0.15, -0.1) is 0 Å². The molecule has 12 heteroatoms. The normalized spacial score (nSPS) is 14.4. The number of nitrogen functional groups attached to an aromatic ring is 1. The lowest BCUT2D eigenvalue weighted by molar-refractivity contribution is 0.258. The molecule has 1 saturated heterocycles. The predicted molar refractivity (Wildman–Crippen MR) is 136 cm³/mol. The van der Waals surface area contributed by atoms with Gasteiger partial charge in [0.25, 0.3) is 0 Å². The average Bonchev–Trinajstić information content (AvgIpc) is 3.21. The van der Waals surface area contributed by atoms with E-state index < -0.39 is 5.82 Å². The molecular formula is C24H29FN10O. The quantitative estimate of drug-likeness (QED) is 0.398. The smallest absolute Gasteiger partial charge is 0.250 e. The van der Waals surface area contributed by atoms with Crippen molar-refractivity contribution in [2.45, 2.75) is 20.3 Å². The molecule has 5 rings (SSSR count). The highest BCUT2D eigenvalue weighted by atomic mass is 19.1. The van der Waals surface area contributed by atoms with Crippen LogP contribution in [0.3, 0.4) is 0 Å². The number of fused-ring (bicyclic) bond motifs is 1. The van der Waals surface area contributed by atoms with Crippen LogP contribution in [0.25, 0.3) is 17.2 Å². The van der Waals surface area contributed by atoms with Gasteiger partial charge in [-0.25, -0.2) is 19.3 Å². The van der Waals surface area contributed by atoms with Crippen LogP contribution < -0.4 is 20.7 Å². The molecule has 0 atom stereocenters. The number of nitrogens with zero attached hydrogens (tertiary/aromatic N) is 8. The average molecular weight is 493 g/mol. The molecule has 1 fully saturated rings. The maximum atomic E-state index is 14.3. The van der Waals surface area contributed by atoms with Crippen molar-refractivity contribution in [2.24, 2.45) is 0 Å². The third-order valence-electron chi connectivity index (χ3n) is 6.12. The van der Waals surface area contributed by atoms with E-state index in [9.17, 15) is 4.39 Å². The Morgan fingerprint density at radius 1 is 1.11 bits per heavy atom. The van der Waals surface area contributed by atoms with Crippen LogP contribution in [0.2, 0.25) is 0 Å². The Labute approximate surface area is 208 Å². The van der Waals surface area contributed by atoms with E-state index in [2.05, 4.69) is 48.0 Å². The van der Waals surface area contributed by atoms with Crippen LogP contribution in [0.15, 0.2) is 30.6 Å². The molecule has 1 aliphatic heterocycles. The first-order chi connectivity index (χ1) is 17.4. The minimum Gasteiger partial charge on any atom is -0.479 e. The summed E-state index contributed by atoms with van der Waals surface area (Å²) in [5.41, 5.74) is 8.69. The van der Waals surface area contributed by atoms with Crippen LogP contribution >= 0.6 is 0 Å². The molecule has 0 unspecified atom stereocenters. The summed E-state index contributed by atoms with van der Waals surface area (Å²) in [5.74, 6) is 0.730. The first-order valence-electron chi connectivity index (χ1n) is 11.9. The summed E-state index contributed by atoms with van der Waals surface area (Å²) >= 11 is 0. The Bertz CT molecular complexity index is 1360. The molecule has 0 aromatic carbocycles. The van der Waals surface area contributed by atoms with Crippen molar-refractivity contribution in [1.82, 2.24) is 34.2 Å². The number of nitrogens with one attached hydrogen (secondary N) is 1. The summed E-state index contributed by atoms with van der Waals surface area (Å²) in [6.45, 7) is 9.00. The molecule has 4 aromatic rings. The molecule has 0 bridgehead atoms. The highest BCUT2D eigenvalue weighted by Gasteiger charge is 2.22. The van der Waals surface area contributed by atoms with Crippen LogP contribution in [-0.4, -0.2) is 74.1 Å². The van der Waals surface area contributed by atoms with E-state index in [4.69, 9.17) is 15.5 Å². The highest BCUT2D eigenvalue weighted by Crippen LogP contribution is 2.32. The molecule has 5 heterocycles. The van der Waals surface area contributed by atoms with E-state index in [1.165, 1.54) is 19.4 Å². The molecule has 0 aliphatic carbocycles. The highest BCUT2D eigenvalue weighted by molar-refractivity contribution is 5.77. The van der Waals surface area contributed by atoms with Gasteiger partial charge < -0.3 is 20.7 Å². The van der Waals surface area contributed by atoms with E-state index in [-0.39, 0.29) is 11.8 Å². The largest absolute Gasteiger partial charge is 0.479 e. The SMILES string of the molecule is CCCN1CCN(c2ccc3nc(Nc4cnc(OC)c(F)c4)c(-c4nc(C)nc(N)n4)n3c2)CC1. The van der Waals surface area contributed by atoms with Crippen LogP contribution in [0.4, 0.5) is 27.5 Å². The molecule has 4 aromatic heterocycles. The number of anilines is 4. The first kappa shape index (κ1) is 23.7. The summed E-state index contributed by atoms with van der Waals surface area (Å²) in [5, 5.41) is 3.16. The van der Waals surface area contributed by atoms with Crippen molar-refractivity contribution in [3.8, 4) is 17.4 Å². The number of aromatic nitrogens is 6. The molecule has 11 nitrogen and oxygen atoms in total. The number of imidazole rings is 1. The standard InChI is InChI=1S/C24H29FN10O/c1-4-7-33-8-10-34(11-9-33)17-5-6-19-31-22(30-16-12-18(25)23(36-3)27-13-16)20(35(19)14-17)21-28-15(2)29-24(26)32-21/h5-6,12-14,30H,4,7-11H2,1-3H3,(H2,26,28,29,32). The number of hydrogen-bond acceptors (Lipinski definition) is 10. The number of methoxy groups -OCH3 is 1. The Balaban J connectivity index is 1.57. The second-order valence-electron chi connectivity index (χ2n) is 8.66. The van der Waals surface area contributed by atoms with Crippen molar-refractivity contribution >= 4 is 28.8 Å². The molecule has 3 N–H and O–H groups in total. The molecule has 0 amide bonds. The van der Waals surface area contributed by atoms with Gasteiger partial charge in [-0.3, -0.25) is 9.30 Å². The van der Waals surface area contributed by atoms with Crippen molar-refractivity contribution in [1.29, 1.82) is 0 Å². The number of halogens is 1. The van der Waals surface area contributed by atoms with Crippen molar-refractivity contribution in [3.63, 3.8) is 0 Å². The summed E-state index contributed by atoms with van der Waals surface area (Å²) in [6, 6.07) is 5.31. The Hall–Kier alpha value is -4.06. The lowest BCUT2D eigenvalue weighted by Crippen LogP contribution is -2.46. The van der Waals surface area contributed by atoms with Crippen molar-refractivity contribution in [2.75, 3.05) is 55.8 Å². The second kappa shape index (κ2) is 9.90. The Morgan fingerprint density at radius 3 is 2.61 bits per heavy atom. The van der Waals surface area contributed by atoms with Gasteiger partial charge in [-0.2, -0.15) is 9.97 Å². The predicted octanol–water partition coefficient (Wildman–Crippen LogP) is 2.90. The van der Waals surface area contributed by atoms with E-state index >= 15 is 0 Å². The molecular weight excluding hydrogens is 463 g/mol. The number of hydrogen-bond donors (Lipinski definition) is 2. The molecule has 0 saturated carbocycles. The lowest BCUT2D eigenvalue weighted by Gasteiger charge is -2.35. The number of nitrogens with two attached hydrogens (primary N) is 1. The van der Waals surface area contributed by atoms with Gasteiger partial charge >= 0.3 is 0 Å². The summed E-state index contributed by atoms with van der Waals surface area (Å²) in [6.07, 6.45) is 4.66. The fourth-order valence-corrected chi connectivity index (χ4v) is 4.46. The minimum atomic E-state index is -0.586. The van der Waals surface area contributed by atoms with E-state index in [0.29, 0.717) is 34.5 Å². The zero-order valence-electron chi connectivity index (χ0n) is 20.6. The number of rotatable bonds is 7. The molecule has 0 radical (unpaired) electrons. The summed E-state index contributed by atoms with van der Waals surface area (Å²) in [4.78, 5) is 26.6. The summed E-state index contributed by atoms with van der Waals surface area (Å²) in [7, 11) is 1.37. The fourth-order valence-electron chi connectivity index (χ4n) is 4.46. The molecule has 36 heavy (non-hydrogen) atoms. The third-order valence-corrected chi connectivity index (χ3v) is 6.12. The number of ether oxygens (including phenoxy) is 1. The second-order valence-corrected chi connectivity index (χ2v) is 8.66. The van der Waals surface area contributed by atoms with Crippen molar-refractivity contribution in [3.05, 3.63) is 42.2 Å². The maximum Gasteiger partial charge on any atom is 0.250 e. The zero-order chi connectivity index (χ0) is 25.2. The van der Waals surface area contributed by atoms with Gasteiger partial charge in [-0.1, -0.05) is 6.92 Å². The van der Waals surface area contributed by atoms with Gasteiger partial charge in [0.05, 0.1) is 24.7 Å². The van der Waals surface area contributed by atoms with Crippen LogP contribution in [0.5, 0.6) is 5.88 Å². The fraction of sp³-hybridized carbons (Fsp3) is 0.375. The third kappa shape index (κ3) is 4.71. The Morgan fingerprint density at radius 2 is 1.92 bits per heavy atom. The van der Waals surface area contributed by atoms with E-state index in [1.807, 2.05) is 16.7 Å². The van der Waals surface area contributed by atoms with E-state index in [1.54, 1.807) is 6.92 Å². The first-order valence-corrected chi connectivity index (χ1v) is 11.9.